The Bertz CT molecular complexity index is 1320. The Morgan fingerprint density at radius 3 is 2.68 bits per heavy atom. The summed E-state index contributed by atoms with van der Waals surface area (Å²) in [6, 6.07) is 0. The van der Waals surface area contributed by atoms with Gasteiger partial charge in [0.2, 0.25) is 0 Å². The highest BCUT2D eigenvalue weighted by molar-refractivity contribution is 5.81. The molecule has 3 unspecified atom stereocenters. The molecule has 0 aliphatic carbocycles. The van der Waals surface area contributed by atoms with E-state index in [1.807, 2.05) is 0 Å². The molecule has 6 atom stereocenters. The normalized spacial score (nSPS) is 22.1. The van der Waals surface area contributed by atoms with Gasteiger partial charge in [-0.25, -0.2) is 29.2 Å². The standard InChI is InChI=1S/C23H32N8O10/c1-12(32)22(35)40-13(2)23(36)39-6-5-37-4-3-30-7-14(28-29-30)8-38-9-15-17(33)18(34)21(41-15)31-11-27-16-19(24)25-10-26-20(16)31/h7,10-13,15,17-18,21,32-34H,3-6,8-9H2,1-2H3,(H2,24,25,26)/t12?,13?,15-,17?,18+,21-/m1/s1. The van der Waals surface area contributed by atoms with E-state index in [0.29, 0.717) is 23.4 Å². The third-order valence-electron chi connectivity index (χ3n) is 6.02. The number of nitrogens with two attached hydrogens (primary N) is 1. The lowest BCUT2D eigenvalue weighted by molar-refractivity contribution is -0.172. The van der Waals surface area contributed by atoms with Gasteiger partial charge in [-0.2, -0.15) is 0 Å². The predicted molar refractivity (Wildman–Crippen MR) is 134 cm³/mol. The molecule has 1 aliphatic rings. The van der Waals surface area contributed by atoms with Crippen molar-refractivity contribution in [3.8, 4) is 0 Å². The summed E-state index contributed by atoms with van der Waals surface area (Å²) in [5.41, 5.74) is 7.06. The van der Waals surface area contributed by atoms with Gasteiger partial charge in [-0.1, -0.05) is 5.21 Å². The van der Waals surface area contributed by atoms with Crippen molar-refractivity contribution in [1.29, 1.82) is 0 Å². The number of nitrogen functional groups attached to an aromatic ring is 1. The third-order valence-corrected chi connectivity index (χ3v) is 6.02. The summed E-state index contributed by atoms with van der Waals surface area (Å²) < 4.78 is 29.6. The van der Waals surface area contributed by atoms with Crippen LogP contribution in [0.2, 0.25) is 0 Å². The fourth-order valence-electron chi connectivity index (χ4n) is 3.85. The van der Waals surface area contributed by atoms with Gasteiger partial charge in [0, 0.05) is 0 Å². The summed E-state index contributed by atoms with van der Waals surface area (Å²) in [7, 11) is 0. The van der Waals surface area contributed by atoms with Crippen LogP contribution in [-0.2, 0) is 46.4 Å². The number of carbonyl (C=O) groups is 2. The molecule has 1 saturated heterocycles. The Balaban J connectivity index is 1.13. The number of fused-ring (bicyclic) bond motifs is 1. The van der Waals surface area contributed by atoms with Gasteiger partial charge in [0.1, 0.15) is 48.6 Å². The van der Waals surface area contributed by atoms with Crippen LogP contribution < -0.4 is 5.73 Å². The van der Waals surface area contributed by atoms with Gasteiger partial charge < -0.3 is 44.7 Å². The highest BCUT2D eigenvalue weighted by atomic mass is 16.6. The first-order valence-electron chi connectivity index (χ1n) is 12.7. The van der Waals surface area contributed by atoms with Crippen molar-refractivity contribution >= 4 is 28.9 Å². The lowest BCUT2D eigenvalue weighted by Gasteiger charge is -2.16. The fraction of sp³-hybridized carbons (Fsp3) is 0.609. The Morgan fingerprint density at radius 1 is 1.10 bits per heavy atom. The van der Waals surface area contributed by atoms with Crippen molar-refractivity contribution in [1.82, 2.24) is 34.5 Å². The van der Waals surface area contributed by atoms with Gasteiger partial charge in [0.25, 0.3) is 0 Å². The van der Waals surface area contributed by atoms with E-state index in [9.17, 15) is 19.8 Å². The molecule has 1 aliphatic heterocycles. The highest BCUT2D eigenvalue weighted by Crippen LogP contribution is 2.32. The minimum atomic E-state index is -1.33. The van der Waals surface area contributed by atoms with Crippen molar-refractivity contribution < 1.29 is 48.6 Å². The number of imidazole rings is 1. The second-order valence-corrected chi connectivity index (χ2v) is 9.15. The van der Waals surface area contributed by atoms with Gasteiger partial charge >= 0.3 is 11.9 Å². The SMILES string of the molecule is CC(O)C(=O)OC(C)C(=O)OCCOCCn1cc(COC[C@H]2O[C@@H](n3cnc4c(N)ncnc43)[C@@H](O)C2O)nn1. The van der Waals surface area contributed by atoms with Gasteiger partial charge in [-0.05, 0) is 13.8 Å². The summed E-state index contributed by atoms with van der Waals surface area (Å²) in [6.45, 7) is 3.33. The summed E-state index contributed by atoms with van der Waals surface area (Å²) in [6.07, 6.45) is -2.37. The molecule has 0 amide bonds. The van der Waals surface area contributed by atoms with E-state index in [0.717, 1.165) is 0 Å². The zero-order chi connectivity index (χ0) is 29.5. The Kier molecular flexibility index (Phi) is 10.1. The molecule has 3 aromatic rings. The van der Waals surface area contributed by atoms with E-state index in [1.165, 1.54) is 31.1 Å². The Hall–Kier alpha value is -3.81. The molecule has 18 nitrogen and oxygen atoms in total. The number of anilines is 1. The topological polar surface area (TPSA) is 241 Å². The number of aromatic nitrogens is 7. The largest absolute Gasteiger partial charge is 0.461 e. The van der Waals surface area contributed by atoms with Gasteiger partial charge in [-0.3, -0.25) is 4.57 Å². The first kappa shape index (κ1) is 30.2. The molecule has 5 N–H and O–H groups in total. The maximum atomic E-state index is 11.8. The van der Waals surface area contributed by atoms with Crippen LogP contribution in [0.1, 0.15) is 25.8 Å². The van der Waals surface area contributed by atoms with Crippen molar-refractivity contribution in [3.63, 3.8) is 0 Å². The zero-order valence-corrected chi connectivity index (χ0v) is 22.3. The molecule has 0 radical (unpaired) electrons. The molecule has 224 valence electrons. The molecule has 0 saturated carbocycles. The first-order chi connectivity index (χ1) is 19.7. The summed E-state index contributed by atoms with van der Waals surface area (Å²) in [5, 5.41) is 38.1. The van der Waals surface area contributed by atoms with E-state index in [-0.39, 0.29) is 38.9 Å². The maximum Gasteiger partial charge on any atom is 0.347 e. The van der Waals surface area contributed by atoms with Gasteiger partial charge in [-0.15, -0.1) is 5.10 Å². The van der Waals surface area contributed by atoms with Crippen LogP contribution in [0.15, 0.2) is 18.9 Å². The fourth-order valence-corrected chi connectivity index (χ4v) is 3.85. The average molecular weight is 581 g/mol. The summed E-state index contributed by atoms with van der Waals surface area (Å²) in [4.78, 5) is 35.2. The minimum absolute atomic E-state index is 0.0238. The van der Waals surface area contributed by atoms with Crippen LogP contribution in [-0.4, -0.2) is 119 Å². The number of esters is 2. The minimum Gasteiger partial charge on any atom is -0.461 e. The number of aliphatic hydroxyl groups excluding tert-OH is 3. The maximum absolute atomic E-state index is 11.8. The van der Waals surface area contributed by atoms with E-state index >= 15 is 0 Å². The van der Waals surface area contributed by atoms with Crippen molar-refractivity contribution in [3.05, 3.63) is 24.5 Å². The van der Waals surface area contributed by atoms with Crippen LogP contribution in [0.5, 0.6) is 0 Å². The second-order valence-electron chi connectivity index (χ2n) is 9.15. The molecule has 1 fully saturated rings. The number of hydrogen-bond donors (Lipinski definition) is 4. The van der Waals surface area contributed by atoms with Crippen LogP contribution >= 0.6 is 0 Å². The number of rotatable bonds is 14. The average Bonchev–Trinajstić information content (AvgIpc) is 3.65. The lowest BCUT2D eigenvalue weighted by atomic mass is 10.1. The molecular weight excluding hydrogens is 548 g/mol. The van der Waals surface area contributed by atoms with Gasteiger partial charge in [0.05, 0.1) is 45.5 Å². The van der Waals surface area contributed by atoms with Crippen molar-refractivity contribution in [2.45, 2.75) is 63.7 Å². The molecule has 41 heavy (non-hydrogen) atoms. The third kappa shape index (κ3) is 7.48. The smallest absolute Gasteiger partial charge is 0.347 e. The molecule has 0 bridgehead atoms. The monoisotopic (exact) mass is 580 g/mol. The second kappa shape index (κ2) is 13.7. The molecule has 0 spiro atoms. The Labute approximate surface area is 232 Å². The number of ether oxygens (including phenoxy) is 5. The van der Waals surface area contributed by atoms with Crippen molar-refractivity contribution in [2.75, 3.05) is 32.2 Å². The predicted octanol–water partition coefficient (Wildman–Crippen LogP) is -2.29. The van der Waals surface area contributed by atoms with Crippen LogP contribution in [0.3, 0.4) is 0 Å². The molecule has 18 heteroatoms. The first-order valence-corrected chi connectivity index (χ1v) is 12.7. The molecule has 3 aromatic heterocycles. The van der Waals surface area contributed by atoms with E-state index < -0.39 is 48.7 Å². The van der Waals surface area contributed by atoms with Crippen molar-refractivity contribution in [2.24, 2.45) is 0 Å². The summed E-state index contributed by atoms with van der Waals surface area (Å²) >= 11 is 0. The quantitative estimate of drug-likeness (QED) is 0.116. The summed E-state index contributed by atoms with van der Waals surface area (Å²) in [5.74, 6) is -1.48. The highest BCUT2D eigenvalue weighted by Gasteiger charge is 2.44. The lowest BCUT2D eigenvalue weighted by Crippen LogP contribution is -2.33. The van der Waals surface area contributed by atoms with Crippen LogP contribution in [0.4, 0.5) is 5.82 Å². The van der Waals surface area contributed by atoms with Crippen LogP contribution in [0, 0.1) is 0 Å². The number of hydrogen-bond acceptors (Lipinski definition) is 16. The molecular formula is C23H32N8O10. The van der Waals surface area contributed by atoms with E-state index in [4.69, 9.17) is 34.5 Å². The Morgan fingerprint density at radius 2 is 1.90 bits per heavy atom. The number of carbonyl (C=O) groups excluding carboxylic acids is 2. The number of nitrogens with zero attached hydrogens (tertiary/aromatic N) is 7. The molecule has 4 heterocycles. The molecule has 4 rings (SSSR count). The van der Waals surface area contributed by atoms with Crippen LogP contribution in [0.25, 0.3) is 11.2 Å². The number of aliphatic hydroxyl groups is 3. The molecule has 0 aromatic carbocycles. The zero-order valence-electron chi connectivity index (χ0n) is 22.3. The van der Waals surface area contributed by atoms with E-state index in [2.05, 4.69) is 25.3 Å². The van der Waals surface area contributed by atoms with E-state index in [1.54, 1.807) is 10.9 Å². The van der Waals surface area contributed by atoms with Gasteiger partial charge in [0.15, 0.2) is 23.8 Å².